The molecule has 0 saturated heterocycles. The summed E-state index contributed by atoms with van der Waals surface area (Å²) in [6.07, 6.45) is 5.39. The fourth-order valence-electron chi connectivity index (χ4n) is 3.36. The first kappa shape index (κ1) is 19.7. The Bertz CT molecular complexity index is 1090. The van der Waals surface area contributed by atoms with Crippen molar-refractivity contribution in [3.63, 3.8) is 0 Å². The van der Waals surface area contributed by atoms with E-state index >= 15 is 0 Å². The number of hydrogen-bond acceptors (Lipinski definition) is 4. The van der Waals surface area contributed by atoms with Crippen LogP contribution in [0.25, 0.3) is 0 Å². The molecule has 1 aromatic heterocycles. The van der Waals surface area contributed by atoms with E-state index in [1.54, 1.807) is 29.7 Å². The average Bonchev–Trinajstić information content (AvgIpc) is 3.46. The van der Waals surface area contributed by atoms with Gasteiger partial charge in [-0.15, -0.1) is 0 Å². The summed E-state index contributed by atoms with van der Waals surface area (Å²) in [6, 6.07) is 14.9. The van der Waals surface area contributed by atoms with Crippen molar-refractivity contribution in [1.29, 1.82) is 0 Å². The number of ether oxygens (including phenoxy) is 1. The van der Waals surface area contributed by atoms with Gasteiger partial charge >= 0.3 is 0 Å². The van der Waals surface area contributed by atoms with Crippen LogP contribution in [0, 0.1) is 6.92 Å². The fourth-order valence-corrected chi connectivity index (χ4v) is 5.00. The van der Waals surface area contributed by atoms with Crippen LogP contribution in [0.1, 0.15) is 29.8 Å². The maximum atomic E-state index is 13.3. The highest BCUT2D eigenvalue weighted by molar-refractivity contribution is 7.89. The van der Waals surface area contributed by atoms with E-state index in [1.807, 2.05) is 54.1 Å². The molecule has 0 aliphatic heterocycles. The van der Waals surface area contributed by atoms with E-state index in [4.69, 9.17) is 4.74 Å². The summed E-state index contributed by atoms with van der Waals surface area (Å²) in [6.45, 7) is 2.82. The van der Waals surface area contributed by atoms with Gasteiger partial charge in [-0.1, -0.05) is 29.8 Å². The second-order valence-corrected chi connectivity index (χ2v) is 9.31. The van der Waals surface area contributed by atoms with Gasteiger partial charge in [0.05, 0.1) is 18.6 Å². The molecule has 7 heteroatoms. The van der Waals surface area contributed by atoms with E-state index in [-0.39, 0.29) is 12.6 Å². The van der Waals surface area contributed by atoms with Crippen molar-refractivity contribution in [2.45, 2.75) is 43.8 Å². The molecule has 6 nitrogen and oxygen atoms in total. The van der Waals surface area contributed by atoms with Gasteiger partial charge in [-0.2, -0.15) is 4.31 Å². The van der Waals surface area contributed by atoms with E-state index < -0.39 is 10.0 Å². The van der Waals surface area contributed by atoms with Crippen LogP contribution in [-0.4, -0.2) is 35.4 Å². The van der Waals surface area contributed by atoms with Gasteiger partial charge in [0.1, 0.15) is 11.6 Å². The lowest BCUT2D eigenvalue weighted by atomic mass is 10.2. The summed E-state index contributed by atoms with van der Waals surface area (Å²) in [5.74, 6) is 1.53. The van der Waals surface area contributed by atoms with Gasteiger partial charge in [0.25, 0.3) is 0 Å². The predicted molar refractivity (Wildman–Crippen MR) is 111 cm³/mol. The first-order valence-electron chi connectivity index (χ1n) is 9.69. The number of nitrogens with zero attached hydrogens (tertiary/aromatic N) is 3. The molecule has 29 heavy (non-hydrogen) atoms. The third kappa shape index (κ3) is 4.36. The van der Waals surface area contributed by atoms with Gasteiger partial charge in [-0.05, 0) is 49.6 Å². The van der Waals surface area contributed by atoms with Crippen molar-refractivity contribution < 1.29 is 13.2 Å². The normalized spacial score (nSPS) is 14.3. The summed E-state index contributed by atoms with van der Waals surface area (Å²) < 4.78 is 35.4. The van der Waals surface area contributed by atoms with Crippen molar-refractivity contribution >= 4 is 10.0 Å². The highest BCUT2D eigenvalue weighted by Gasteiger charge is 2.38. The molecular formula is C22H25N3O3S. The molecule has 1 saturated carbocycles. The standard InChI is InChI=1S/C22H25N3O3S/c1-17-6-10-21(11-7-17)29(26,27)25(19-8-9-19)16-22-23-12-13-24(22)15-18-4-3-5-20(14-18)28-2/h3-7,10-14,19H,8-9,15-16H2,1-2H3. The van der Waals surface area contributed by atoms with Crippen LogP contribution < -0.4 is 4.74 Å². The third-order valence-electron chi connectivity index (χ3n) is 5.17. The lowest BCUT2D eigenvalue weighted by Gasteiger charge is -2.22. The van der Waals surface area contributed by atoms with E-state index in [9.17, 15) is 8.42 Å². The van der Waals surface area contributed by atoms with E-state index in [0.29, 0.717) is 11.4 Å². The van der Waals surface area contributed by atoms with Crippen LogP contribution in [0.5, 0.6) is 5.75 Å². The fraction of sp³-hybridized carbons (Fsp3) is 0.318. The zero-order valence-electron chi connectivity index (χ0n) is 16.7. The summed E-state index contributed by atoms with van der Waals surface area (Å²) in [5, 5.41) is 0. The average molecular weight is 412 g/mol. The van der Waals surface area contributed by atoms with Crippen LogP contribution in [0.4, 0.5) is 0 Å². The van der Waals surface area contributed by atoms with Crippen molar-refractivity contribution in [3.8, 4) is 5.75 Å². The Morgan fingerprint density at radius 1 is 1.17 bits per heavy atom. The highest BCUT2D eigenvalue weighted by Crippen LogP contribution is 2.33. The minimum Gasteiger partial charge on any atom is -0.497 e. The molecule has 1 fully saturated rings. The number of aromatic nitrogens is 2. The molecule has 0 radical (unpaired) electrons. The third-order valence-corrected chi connectivity index (χ3v) is 7.08. The summed E-state index contributed by atoms with van der Waals surface area (Å²) in [7, 11) is -1.93. The molecule has 0 spiro atoms. The lowest BCUT2D eigenvalue weighted by molar-refractivity contribution is 0.383. The molecule has 0 bridgehead atoms. The minimum atomic E-state index is -3.57. The Labute approximate surface area is 171 Å². The Balaban J connectivity index is 1.59. The molecule has 3 aromatic rings. The van der Waals surface area contributed by atoms with Crippen LogP contribution in [0.3, 0.4) is 0 Å². The Kier molecular flexibility index (Phi) is 5.43. The van der Waals surface area contributed by atoms with Crippen LogP contribution in [0.15, 0.2) is 65.8 Å². The molecule has 1 aliphatic rings. The maximum absolute atomic E-state index is 13.3. The largest absolute Gasteiger partial charge is 0.497 e. The zero-order valence-corrected chi connectivity index (χ0v) is 17.5. The van der Waals surface area contributed by atoms with E-state index in [2.05, 4.69) is 4.98 Å². The number of rotatable bonds is 8. The predicted octanol–water partition coefficient (Wildman–Crippen LogP) is 3.60. The number of sulfonamides is 1. The second-order valence-electron chi connectivity index (χ2n) is 7.42. The lowest BCUT2D eigenvalue weighted by Crippen LogP contribution is -2.33. The molecule has 0 unspecified atom stereocenters. The van der Waals surface area contributed by atoms with Crippen molar-refractivity contribution in [1.82, 2.24) is 13.9 Å². The van der Waals surface area contributed by atoms with Gasteiger partial charge in [0.2, 0.25) is 10.0 Å². The van der Waals surface area contributed by atoms with Crippen LogP contribution in [-0.2, 0) is 23.1 Å². The quantitative estimate of drug-likeness (QED) is 0.568. The Hall–Kier alpha value is -2.64. The second kappa shape index (κ2) is 8.00. The van der Waals surface area contributed by atoms with Gasteiger partial charge in [-0.25, -0.2) is 13.4 Å². The molecule has 1 heterocycles. The smallest absolute Gasteiger partial charge is 0.243 e. The zero-order chi connectivity index (χ0) is 20.4. The topological polar surface area (TPSA) is 64.4 Å². The van der Waals surface area contributed by atoms with Gasteiger partial charge < -0.3 is 9.30 Å². The molecular weight excluding hydrogens is 386 g/mol. The SMILES string of the molecule is COc1cccc(Cn2ccnc2CN(C2CC2)S(=O)(=O)c2ccc(C)cc2)c1. The van der Waals surface area contributed by atoms with E-state index in [0.717, 1.165) is 35.5 Å². The van der Waals surface area contributed by atoms with Gasteiger partial charge in [0, 0.05) is 25.0 Å². The number of hydrogen-bond donors (Lipinski definition) is 0. The highest BCUT2D eigenvalue weighted by atomic mass is 32.2. The molecule has 152 valence electrons. The summed E-state index contributed by atoms with van der Waals surface area (Å²) in [4.78, 5) is 4.79. The molecule has 1 aliphatic carbocycles. The number of imidazole rings is 1. The van der Waals surface area contributed by atoms with Crippen LogP contribution >= 0.6 is 0 Å². The monoisotopic (exact) mass is 411 g/mol. The number of benzene rings is 2. The molecule has 0 amide bonds. The first-order valence-corrected chi connectivity index (χ1v) is 11.1. The van der Waals surface area contributed by atoms with Crippen LogP contribution in [0.2, 0.25) is 0 Å². The first-order chi connectivity index (χ1) is 14.0. The molecule has 4 rings (SSSR count). The van der Waals surface area contributed by atoms with Crippen molar-refractivity contribution in [2.75, 3.05) is 7.11 Å². The number of methoxy groups -OCH3 is 1. The maximum Gasteiger partial charge on any atom is 0.243 e. The van der Waals surface area contributed by atoms with Crippen molar-refractivity contribution in [2.24, 2.45) is 0 Å². The summed E-state index contributed by atoms with van der Waals surface area (Å²) in [5.41, 5.74) is 2.11. The van der Waals surface area contributed by atoms with Crippen molar-refractivity contribution in [3.05, 3.63) is 77.9 Å². The molecule has 0 N–H and O–H groups in total. The summed E-state index contributed by atoms with van der Waals surface area (Å²) >= 11 is 0. The van der Waals surface area contributed by atoms with Gasteiger partial charge in [0.15, 0.2) is 0 Å². The Morgan fingerprint density at radius 3 is 2.62 bits per heavy atom. The van der Waals surface area contributed by atoms with Gasteiger partial charge in [-0.3, -0.25) is 0 Å². The molecule has 0 atom stereocenters. The molecule has 2 aromatic carbocycles. The number of aryl methyl sites for hydroxylation is 1. The van der Waals surface area contributed by atoms with E-state index in [1.165, 1.54) is 0 Å². The minimum absolute atomic E-state index is 0.0447. The Morgan fingerprint density at radius 2 is 1.93 bits per heavy atom.